The molecule has 0 unspecified atom stereocenters. The normalized spacial score (nSPS) is 10.7. The van der Waals surface area contributed by atoms with Gasteiger partial charge in [0.05, 0.1) is 18.4 Å². The van der Waals surface area contributed by atoms with Gasteiger partial charge in [-0.1, -0.05) is 36.4 Å². The predicted octanol–water partition coefficient (Wildman–Crippen LogP) is 3.55. The summed E-state index contributed by atoms with van der Waals surface area (Å²) in [6.45, 7) is 2.52. The zero-order valence-corrected chi connectivity index (χ0v) is 13.6. The van der Waals surface area contributed by atoms with Crippen LogP contribution in [0, 0.1) is 6.92 Å². The van der Waals surface area contributed by atoms with E-state index in [-0.39, 0.29) is 6.03 Å². The number of hydrogen-bond acceptors (Lipinski definition) is 2. The molecule has 0 aliphatic heterocycles. The van der Waals surface area contributed by atoms with Crippen molar-refractivity contribution in [1.82, 2.24) is 14.7 Å². The summed E-state index contributed by atoms with van der Waals surface area (Å²) in [6, 6.07) is 13.8. The zero-order valence-electron chi connectivity index (χ0n) is 13.6. The van der Waals surface area contributed by atoms with Gasteiger partial charge < -0.3 is 10.2 Å². The molecule has 3 rings (SSSR count). The number of carbonyl (C=O) groups excluding carboxylic acids is 1. The number of aryl methyl sites for hydroxylation is 1. The van der Waals surface area contributed by atoms with E-state index < -0.39 is 0 Å². The van der Waals surface area contributed by atoms with Crippen molar-refractivity contribution in [3.05, 3.63) is 59.9 Å². The molecule has 0 saturated heterocycles. The van der Waals surface area contributed by atoms with Gasteiger partial charge >= 0.3 is 6.03 Å². The SMILES string of the molecule is Cc1c(CN(C)C(=O)Nc2cccc3ccccc23)cnn1C. The number of aromatic nitrogens is 2. The average Bonchev–Trinajstić information content (AvgIpc) is 2.87. The fraction of sp³-hybridized carbons (Fsp3) is 0.222. The molecule has 2 amide bonds. The van der Waals surface area contributed by atoms with Gasteiger partial charge in [-0.3, -0.25) is 4.68 Å². The third-order valence-corrected chi connectivity index (χ3v) is 4.12. The number of rotatable bonds is 3. The van der Waals surface area contributed by atoms with E-state index >= 15 is 0 Å². The van der Waals surface area contributed by atoms with Gasteiger partial charge in [-0.25, -0.2) is 4.79 Å². The second-order valence-corrected chi connectivity index (χ2v) is 5.69. The highest BCUT2D eigenvalue weighted by molar-refractivity contribution is 6.01. The molecular formula is C18H20N4O. The molecule has 0 fully saturated rings. The maximum Gasteiger partial charge on any atom is 0.321 e. The molecule has 0 spiro atoms. The number of amides is 2. The molecule has 0 saturated carbocycles. The van der Waals surface area contributed by atoms with Crippen molar-refractivity contribution < 1.29 is 4.79 Å². The molecule has 1 aromatic heterocycles. The molecule has 3 aromatic rings. The third kappa shape index (κ3) is 3.04. The lowest BCUT2D eigenvalue weighted by molar-refractivity contribution is 0.220. The monoisotopic (exact) mass is 308 g/mol. The molecule has 2 aromatic carbocycles. The Labute approximate surface area is 135 Å². The van der Waals surface area contributed by atoms with Crippen LogP contribution in [0.3, 0.4) is 0 Å². The Bertz CT molecular complexity index is 848. The summed E-state index contributed by atoms with van der Waals surface area (Å²) in [4.78, 5) is 14.1. The second-order valence-electron chi connectivity index (χ2n) is 5.69. The van der Waals surface area contributed by atoms with Crippen LogP contribution >= 0.6 is 0 Å². The van der Waals surface area contributed by atoms with Crippen LogP contribution in [-0.2, 0) is 13.6 Å². The van der Waals surface area contributed by atoms with Crippen molar-refractivity contribution in [1.29, 1.82) is 0 Å². The Morgan fingerprint density at radius 1 is 1.22 bits per heavy atom. The smallest absolute Gasteiger partial charge is 0.321 e. The maximum atomic E-state index is 12.5. The lowest BCUT2D eigenvalue weighted by Crippen LogP contribution is -2.31. The number of nitrogens with one attached hydrogen (secondary N) is 1. The van der Waals surface area contributed by atoms with E-state index in [1.54, 1.807) is 18.1 Å². The predicted molar refractivity (Wildman–Crippen MR) is 92.4 cm³/mol. The molecule has 0 atom stereocenters. The minimum absolute atomic E-state index is 0.135. The van der Waals surface area contributed by atoms with E-state index in [1.165, 1.54) is 0 Å². The first-order valence-corrected chi connectivity index (χ1v) is 7.53. The number of anilines is 1. The molecule has 1 N–H and O–H groups in total. The number of nitrogens with zero attached hydrogens (tertiary/aromatic N) is 3. The van der Waals surface area contributed by atoms with Crippen LogP contribution in [0.25, 0.3) is 10.8 Å². The Balaban J connectivity index is 1.76. The zero-order chi connectivity index (χ0) is 16.4. The number of carbonyl (C=O) groups is 1. The van der Waals surface area contributed by atoms with E-state index in [1.807, 2.05) is 61.1 Å². The van der Waals surface area contributed by atoms with Crippen LogP contribution in [0.1, 0.15) is 11.3 Å². The van der Waals surface area contributed by atoms with Gasteiger partial charge in [-0.05, 0) is 18.4 Å². The van der Waals surface area contributed by atoms with Crippen LogP contribution in [0.15, 0.2) is 48.7 Å². The summed E-state index contributed by atoms with van der Waals surface area (Å²) in [5.74, 6) is 0. The molecule has 0 bridgehead atoms. The van der Waals surface area contributed by atoms with Crippen molar-refractivity contribution in [3.63, 3.8) is 0 Å². The van der Waals surface area contributed by atoms with Crippen LogP contribution in [0.5, 0.6) is 0 Å². The van der Waals surface area contributed by atoms with Crippen molar-refractivity contribution in [2.45, 2.75) is 13.5 Å². The van der Waals surface area contributed by atoms with Crippen LogP contribution in [-0.4, -0.2) is 27.8 Å². The summed E-state index contributed by atoms with van der Waals surface area (Å²) in [5.41, 5.74) is 2.93. The standard InChI is InChI=1S/C18H20N4O/c1-13-15(11-19-22(13)3)12-21(2)18(23)20-17-10-6-8-14-7-4-5-9-16(14)17/h4-11H,12H2,1-3H3,(H,20,23). The fourth-order valence-electron chi connectivity index (χ4n) is 2.57. The van der Waals surface area contributed by atoms with Crippen LogP contribution in [0.4, 0.5) is 10.5 Å². The van der Waals surface area contributed by atoms with Crippen molar-refractivity contribution >= 4 is 22.5 Å². The minimum atomic E-state index is -0.135. The Hall–Kier alpha value is -2.82. The molecule has 0 radical (unpaired) electrons. The van der Waals surface area contributed by atoms with E-state index in [0.29, 0.717) is 6.54 Å². The van der Waals surface area contributed by atoms with E-state index in [0.717, 1.165) is 27.7 Å². The first kappa shape index (κ1) is 15.1. The van der Waals surface area contributed by atoms with E-state index in [4.69, 9.17) is 0 Å². The summed E-state index contributed by atoms with van der Waals surface area (Å²) in [6.07, 6.45) is 1.80. The van der Waals surface area contributed by atoms with Gasteiger partial charge in [-0.15, -0.1) is 0 Å². The first-order chi connectivity index (χ1) is 11.1. The van der Waals surface area contributed by atoms with Gasteiger partial charge in [0, 0.05) is 30.7 Å². The molecule has 1 heterocycles. The first-order valence-electron chi connectivity index (χ1n) is 7.53. The average molecular weight is 308 g/mol. The van der Waals surface area contributed by atoms with E-state index in [2.05, 4.69) is 10.4 Å². The summed E-state index contributed by atoms with van der Waals surface area (Å²) >= 11 is 0. The topological polar surface area (TPSA) is 50.2 Å². The molecule has 5 nitrogen and oxygen atoms in total. The van der Waals surface area contributed by atoms with Crippen molar-refractivity contribution in [2.75, 3.05) is 12.4 Å². The van der Waals surface area contributed by atoms with Gasteiger partial charge in [0.25, 0.3) is 0 Å². The largest absolute Gasteiger partial charge is 0.323 e. The van der Waals surface area contributed by atoms with Crippen LogP contribution < -0.4 is 5.32 Å². The maximum absolute atomic E-state index is 12.5. The molecule has 5 heteroatoms. The lowest BCUT2D eigenvalue weighted by atomic mass is 10.1. The Morgan fingerprint density at radius 2 is 1.96 bits per heavy atom. The van der Waals surface area contributed by atoms with E-state index in [9.17, 15) is 4.79 Å². The summed E-state index contributed by atoms with van der Waals surface area (Å²) < 4.78 is 1.81. The lowest BCUT2D eigenvalue weighted by Gasteiger charge is -2.18. The molecule has 0 aliphatic carbocycles. The summed E-state index contributed by atoms with van der Waals surface area (Å²) in [5, 5.41) is 9.35. The fourth-order valence-corrected chi connectivity index (χ4v) is 2.57. The molecular weight excluding hydrogens is 288 g/mol. The molecule has 118 valence electrons. The minimum Gasteiger partial charge on any atom is -0.323 e. The highest BCUT2D eigenvalue weighted by atomic mass is 16.2. The van der Waals surface area contributed by atoms with Gasteiger partial charge in [0.1, 0.15) is 0 Å². The number of fused-ring (bicyclic) bond motifs is 1. The van der Waals surface area contributed by atoms with Gasteiger partial charge in [0.15, 0.2) is 0 Å². The van der Waals surface area contributed by atoms with Gasteiger partial charge in [-0.2, -0.15) is 5.10 Å². The number of urea groups is 1. The summed E-state index contributed by atoms with van der Waals surface area (Å²) in [7, 11) is 3.68. The van der Waals surface area contributed by atoms with Crippen LogP contribution in [0.2, 0.25) is 0 Å². The number of hydrogen-bond donors (Lipinski definition) is 1. The van der Waals surface area contributed by atoms with Crippen molar-refractivity contribution in [2.24, 2.45) is 7.05 Å². The number of benzene rings is 2. The van der Waals surface area contributed by atoms with Gasteiger partial charge in [0.2, 0.25) is 0 Å². The third-order valence-electron chi connectivity index (χ3n) is 4.12. The second kappa shape index (κ2) is 6.12. The highest BCUT2D eigenvalue weighted by Crippen LogP contribution is 2.23. The molecule has 23 heavy (non-hydrogen) atoms. The molecule has 0 aliphatic rings. The van der Waals surface area contributed by atoms with Crippen molar-refractivity contribution in [3.8, 4) is 0 Å². The quantitative estimate of drug-likeness (QED) is 0.804. The highest BCUT2D eigenvalue weighted by Gasteiger charge is 2.13. The Morgan fingerprint density at radius 3 is 2.70 bits per heavy atom. The Kier molecular flexibility index (Phi) is 4.02.